The Morgan fingerprint density at radius 3 is 2.43 bits per heavy atom. The SMILES string of the molecule is N=C(Cl)C1C=CN1. The third kappa shape index (κ3) is 0.747. The van der Waals surface area contributed by atoms with Crippen molar-refractivity contribution >= 4 is 16.8 Å². The van der Waals surface area contributed by atoms with Crippen molar-refractivity contribution in [3.8, 4) is 0 Å². The van der Waals surface area contributed by atoms with E-state index in [1.807, 2.05) is 6.08 Å². The zero-order valence-corrected chi connectivity index (χ0v) is 4.37. The van der Waals surface area contributed by atoms with Gasteiger partial charge in [0.2, 0.25) is 0 Å². The first-order valence-electron chi connectivity index (χ1n) is 1.97. The van der Waals surface area contributed by atoms with Crippen molar-refractivity contribution in [1.29, 1.82) is 5.41 Å². The smallest absolute Gasteiger partial charge is 0.124 e. The molecule has 0 saturated carbocycles. The third-order valence-electron chi connectivity index (χ3n) is 0.838. The van der Waals surface area contributed by atoms with Crippen LogP contribution in [0, 0.1) is 5.41 Å². The molecule has 0 fully saturated rings. The molecule has 0 radical (unpaired) electrons. The molecule has 1 aliphatic heterocycles. The minimum atomic E-state index is 0.00154. The van der Waals surface area contributed by atoms with Gasteiger partial charge in [0.25, 0.3) is 0 Å². The molecule has 0 spiro atoms. The van der Waals surface area contributed by atoms with E-state index >= 15 is 0 Å². The van der Waals surface area contributed by atoms with Crippen LogP contribution in [0.1, 0.15) is 0 Å². The van der Waals surface area contributed by atoms with Crippen molar-refractivity contribution in [2.24, 2.45) is 0 Å². The maximum Gasteiger partial charge on any atom is 0.124 e. The van der Waals surface area contributed by atoms with E-state index in [1.54, 1.807) is 6.20 Å². The molecule has 3 heteroatoms. The van der Waals surface area contributed by atoms with Gasteiger partial charge in [-0.1, -0.05) is 11.6 Å². The molecular weight excluding hydrogens is 112 g/mol. The highest BCUT2D eigenvalue weighted by Crippen LogP contribution is 2.00. The van der Waals surface area contributed by atoms with Crippen molar-refractivity contribution in [2.75, 3.05) is 0 Å². The molecule has 0 aromatic carbocycles. The largest absolute Gasteiger partial charge is 0.379 e. The molecular formula is C4H5ClN2. The Morgan fingerprint density at radius 1 is 1.86 bits per heavy atom. The van der Waals surface area contributed by atoms with Gasteiger partial charge in [0.05, 0.1) is 6.04 Å². The Morgan fingerprint density at radius 2 is 2.43 bits per heavy atom. The summed E-state index contributed by atoms with van der Waals surface area (Å²) in [4.78, 5) is 0. The molecule has 1 atom stereocenters. The average Bonchev–Trinajstić information content (AvgIpc) is 1.23. The van der Waals surface area contributed by atoms with Crippen LogP contribution in [0.5, 0.6) is 0 Å². The minimum absolute atomic E-state index is 0.00154. The number of halogens is 1. The average molecular weight is 117 g/mol. The van der Waals surface area contributed by atoms with Crippen molar-refractivity contribution in [3.63, 3.8) is 0 Å². The summed E-state index contributed by atoms with van der Waals surface area (Å²) < 4.78 is 0. The first-order valence-corrected chi connectivity index (χ1v) is 2.35. The van der Waals surface area contributed by atoms with E-state index in [-0.39, 0.29) is 11.2 Å². The molecule has 0 bridgehead atoms. The lowest BCUT2D eigenvalue weighted by Crippen LogP contribution is -2.34. The highest BCUT2D eigenvalue weighted by molar-refractivity contribution is 6.66. The van der Waals surface area contributed by atoms with Gasteiger partial charge in [-0.2, -0.15) is 0 Å². The van der Waals surface area contributed by atoms with E-state index in [2.05, 4.69) is 5.32 Å². The van der Waals surface area contributed by atoms with Crippen LogP contribution in [-0.2, 0) is 0 Å². The molecule has 0 aromatic rings. The Kier molecular flexibility index (Phi) is 1.02. The lowest BCUT2D eigenvalue weighted by atomic mass is 10.2. The summed E-state index contributed by atoms with van der Waals surface area (Å²) in [5.74, 6) is 0. The fourth-order valence-electron chi connectivity index (χ4n) is 0.350. The van der Waals surface area contributed by atoms with Crippen molar-refractivity contribution in [3.05, 3.63) is 12.3 Å². The molecule has 1 rings (SSSR count). The van der Waals surface area contributed by atoms with Crippen molar-refractivity contribution in [2.45, 2.75) is 6.04 Å². The molecule has 2 N–H and O–H groups in total. The number of hydrogen-bond acceptors (Lipinski definition) is 2. The van der Waals surface area contributed by atoms with Gasteiger partial charge in [-0.05, 0) is 12.3 Å². The van der Waals surface area contributed by atoms with Crippen LogP contribution in [0.15, 0.2) is 12.3 Å². The summed E-state index contributed by atoms with van der Waals surface area (Å²) in [5.41, 5.74) is 0. The molecule has 38 valence electrons. The zero-order chi connectivity index (χ0) is 5.28. The lowest BCUT2D eigenvalue weighted by molar-refractivity contribution is 0.802. The molecule has 0 aliphatic carbocycles. The normalized spacial score (nSPS) is 25.6. The topological polar surface area (TPSA) is 35.9 Å². The highest BCUT2D eigenvalue weighted by atomic mass is 35.5. The lowest BCUT2D eigenvalue weighted by Gasteiger charge is -2.16. The molecule has 1 aliphatic rings. The molecule has 7 heavy (non-hydrogen) atoms. The summed E-state index contributed by atoms with van der Waals surface area (Å²) in [6, 6.07) is 0.00154. The Labute approximate surface area is 46.7 Å². The van der Waals surface area contributed by atoms with Crippen LogP contribution in [0.4, 0.5) is 0 Å². The van der Waals surface area contributed by atoms with Gasteiger partial charge in [-0.25, -0.2) is 0 Å². The van der Waals surface area contributed by atoms with Gasteiger partial charge in [0.1, 0.15) is 5.17 Å². The van der Waals surface area contributed by atoms with Crippen LogP contribution in [-0.4, -0.2) is 11.2 Å². The fourth-order valence-corrected chi connectivity index (χ4v) is 0.486. The van der Waals surface area contributed by atoms with Gasteiger partial charge in [-0.3, -0.25) is 5.41 Å². The van der Waals surface area contributed by atoms with Gasteiger partial charge < -0.3 is 5.32 Å². The fraction of sp³-hybridized carbons (Fsp3) is 0.250. The summed E-state index contributed by atoms with van der Waals surface area (Å²) in [5, 5.41) is 9.77. The van der Waals surface area contributed by atoms with Crippen LogP contribution in [0.2, 0.25) is 0 Å². The van der Waals surface area contributed by atoms with Crippen molar-refractivity contribution < 1.29 is 0 Å². The minimum Gasteiger partial charge on any atom is -0.379 e. The van der Waals surface area contributed by atoms with Gasteiger partial charge in [0, 0.05) is 0 Å². The van der Waals surface area contributed by atoms with E-state index < -0.39 is 0 Å². The Balaban J connectivity index is 2.44. The van der Waals surface area contributed by atoms with Gasteiger partial charge >= 0.3 is 0 Å². The second-order valence-corrected chi connectivity index (χ2v) is 1.76. The van der Waals surface area contributed by atoms with E-state index in [9.17, 15) is 0 Å². The summed E-state index contributed by atoms with van der Waals surface area (Å²) in [6.07, 6.45) is 3.59. The molecule has 0 saturated heterocycles. The Bertz CT molecular complexity index is 119. The van der Waals surface area contributed by atoms with E-state index in [4.69, 9.17) is 17.0 Å². The summed E-state index contributed by atoms with van der Waals surface area (Å²) in [7, 11) is 0. The molecule has 0 aromatic heterocycles. The predicted octanol–water partition coefficient (Wildman–Crippen LogP) is 0.688. The van der Waals surface area contributed by atoms with Crippen LogP contribution >= 0.6 is 11.6 Å². The first kappa shape index (κ1) is 4.65. The second-order valence-electron chi connectivity index (χ2n) is 1.35. The van der Waals surface area contributed by atoms with Crippen molar-refractivity contribution in [1.82, 2.24) is 5.32 Å². The third-order valence-corrected chi connectivity index (χ3v) is 1.07. The predicted molar refractivity (Wildman–Crippen MR) is 29.6 cm³/mol. The summed E-state index contributed by atoms with van der Waals surface area (Å²) in [6.45, 7) is 0. The summed E-state index contributed by atoms with van der Waals surface area (Å²) >= 11 is 5.25. The molecule has 0 amide bonds. The first-order chi connectivity index (χ1) is 3.30. The maximum absolute atomic E-state index is 6.80. The standard InChI is InChI=1S/C4H5ClN2/c5-4(6)3-1-2-7-3/h1-3,6-7H. The van der Waals surface area contributed by atoms with Crippen LogP contribution in [0.3, 0.4) is 0 Å². The van der Waals surface area contributed by atoms with Crippen LogP contribution < -0.4 is 5.32 Å². The van der Waals surface area contributed by atoms with E-state index in [0.29, 0.717) is 0 Å². The molecule has 2 nitrogen and oxygen atoms in total. The quantitative estimate of drug-likeness (QED) is 0.486. The zero-order valence-electron chi connectivity index (χ0n) is 3.61. The number of nitrogens with one attached hydrogen (secondary N) is 2. The van der Waals surface area contributed by atoms with Gasteiger partial charge in [0.15, 0.2) is 0 Å². The maximum atomic E-state index is 6.80. The van der Waals surface area contributed by atoms with Crippen LogP contribution in [0.25, 0.3) is 0 Å². The van der Waals surface area contributed by atoms with E-state index in [1.165, 1.54) is 0 Å². The number of hydrogen-bond donors (Lipinski definition) is 2. The number of rotatable bonds is 1. The highest BCUT2D eigenvalue weighted by Gasteiger charge is 2.10. The second kappa shape index (κ2) is 1.54. The monoisotopic (exact) mass is 116 g/mol. The molecule has 1 heterocycles. The van der Waals surface area contributed by atoms with E-state index in [0.717, 1.165) is 0 Å². The van der Waals surface area contributed by atoms with Gasteiger partial charge in [-0.15, -0.1) is 0 Å². The Hall–Kier alpha value is -0.500. The molecule has 1 unspecified atom stereocenters.